The summed E-state index contributed by atoms with van der Waals surface area (Å²) in [5.74, 6) is 1.88. The Morgan fingerprint density at radius 3 is 2.78 bits per heavy atom. The summed E-state index contributed by atoms with van der Waals surface area (Å²) >= 11 is 0. The highest BCUT2D eigenvalue weighted by Crippen LogP contribution is 2.24. The maximum Gasteiger partial charge on any atom is 0.0107 e. The van der Waals surface area contributed by atoms with Crippen LogP contribution in [-0.4, -0.2) is 37.1 Å². The number of hydrogen-bond donors (Lipinski definition) is 1. The van der Waals surface area contributed by atoms with Crippen molar-refractivity contribution in [2.45, 2.75) is 64.8 Å². The van der Waals surface area contributed by atoms with Crippen molar-refractivity contribution in [3.63, 3.8) is 0 Å². The second kappa shape index (κ2) is 7.49. The standard InChI is InChI=1S/C16H32N2/c1-3-6-15-9-11-18(13-15)12-10-17-16-8-5-4-7-14(16)2/h14-17H,3-13H2,1-2H3. The molecule has 1 saturated heterocycles. The van der Waals surface area contributed by atoms with Crippen LogP contribution in [0.15, 0.2) is 0 Å². The molecule has 2 nitrogen and oxygen atoms in total. The molecule has 1 N–H and O–H groups in total. The van der Waals surface area contributed by atoms with E-state index in [1.165, 1.54) is 71.1 Å². The van der Waals surface area contributed by atoms with Crippen LogP contribution in [0.5, 0.6) is 0 Å². The second-order valence-corrected chi connectivity index (χ2v) is 6.57. The molecule has 3 unspecified atom stereocenters. The van der Waals surface area contributed by atoms with Gasteiger partial charge in [-0.05, 0) is 44.1 Å². The first-order valence-electron chi connectivity index (χ1n) is 8.25. The van der Waals surface area contributed by atoms with Gasteiger partial charge in [0.2, 0.25) is 0 Å². The van der Waals surface area contributed by atoms with Gasteiger partial charge >= 0.3 is 0 Å². The molecule has 0 aromatic heterocycles. The third kappa shape index (κ3) is 4.24. The highest BCUT2D eigenvalue weighted by molar-refractivity contribution is 4.80. The number of nitrogens with zero attached hydrogens (tertiary/aromatic N) is 1. The first kappa shape index (κ1) is 14.3. The minimum absolute atomic E-state index is 0.799. The Morgan fingerprint density at radius 1 is 1.17 bits per heavy atom. The van der Waals surface area contributed by atoms with E-state index in [1.807, 2.05) is 0 Å². The molecule has 2 aliphatic rings. The molecule has 1 saturated carbocycles. The van der Waals surface area contributed by atoms with Gasteiger partial charge in [0.05, 0.1) is 0 Å². The molecule has 1 heterocycles. The van der Waals surface area contributed by atoms with E-state index < -0.39 is 0 Å². The topological polar surface area (TPSA) is 15.3 Å². The maximum absolute atomic E-state index is 3.80. The summed E-state index contributed by atoms with van der Waals surface area (Å²) in [5.41, 5.74) is 0. The maximum atomic E-state index is 3.80. The molecule has 0 bridgehead atoms. The Morgan fingerprint density at radius 2 is 2.00 bits per heavy atom. The molecular formula is C16H32N2. The minimum atomic E-state index is 0.799. The summed E-state index contributed by atoms with van der Waals surface area (Å²) in [7, 11) is 0. The molecule has 0 aromatic rings. The average Bonchev–Trinajstić information content (AvgIpc) is 2.80. The lowest BCUT2D eigenvalue weighted by atomic mass is 9.86. The van der Waals surface area contributed by atoms with Gasteiger partial charge in [-0.3, -0.25) is 0 Å². The monoisotopic (exact) mass is 252 g/mol. The number of hydrogen-bond acceptors (Lipinski definition) is 2. The van der Waals surface area contributed by atoms with Crippen LogP contribution >= 0.6 is 0 Å². The fourth-order valence-electron chi connectivity index (χ4n) is 3.79. The Labute approximate surface area is 114 Å². The molecule has 0 aromatic carbocycles. The molecule has 1 aliphatic carbocycles. The summed E-state index contributed by atoms with van der Waals surface area (Å²) in [6.45, 7) is 9.90. The Hall–Kier alpha value is -0.0800. The SMILES string of the molecule is CCCC1CCN(CCNC2CCCCC2C)C1. The van der Waals surface area contributed by atoms with Crippen molar-refractivity contribution in [3.8, 4) is 0 Å². The van der Waals surface area contributed by atoms with Crippen molar-refractivity contribution in [1.29, 1.82) is 0 Å². The fraction of sp³-hybridized carbons (Fsp3) is 1.00. The van der Waals surface area contributed by atoms with Crippen molar-refractivity contribution in [2.24, 2.45) is 11.8 Å². The molecule has 3 atom stereocenters. The smallest absolute Gasteiger partial charge is 0.0107 e. The van der Waals surface area contributed by atoms with E-state index in [0.717, 1.165) is 17.9 Å². The van der Waals surface area contributed by atoms with Crippen molar-refractivity contribution in [2.75, 3.05) is 26.2 Å². The highest BCUT2D eigenvalue weighted by atomic mass is 15.2. The highest BCUT2D eigenvalue weighted by Gasteiger charge is 2.23. The quantitative estimate of drug-likeness (QED) is 0.780. The summed E-state index contributed by atoms with van der Waals surface area (Å²) in [6.07, 6.45) is 9.95. The number of rotatable bonds is 6. The van der Waals surface area contributed by atoms with E-state index in [1.54, 1.807) is 0 Å². The molecule has 18 heavy (non-hydrogen) atoms. The number of nitrogens with one attached hydrogen (secondary N) is 1. The van der Waals surface area contributed by atoms with Crippen molar-refractivity contribution < 1.29 is 0 Å². The summed E-state index contributed by atoms with van der Waals surface area (Å²) < 4.78 is 0. The fourth-order valence-corrected chi connectivity index (χ4v) is 3.79. The van der Waals surface area contributed by atoms with E-state index in [4.69, 9.17) is 0 Å². The third-order valence-electron chi connectivity index (χ3n) is 5.01. The van der Waals surface area contributed by atoms with Crippen molar-refractivity contribution >= 4 is 0 Å². The molecule has 0 radical (unpaired) electrons. The zero-order valence-electron chi connectivity index (χ0n) is 12.5. The molecule has 0 amide bonds. The van der Waals surface area contributed by atoms with E-state index in [0.29, 0.717) is 0 Å². The van der Waals surface area contributed by atoms with Gasteiger partial charge in [-0.2, -0.15) is 0 Å². The predicted molar refractivity (Wildman–Crippen MR) is 78.9 cm³/mol. The first-order chi connectivity index (χ1) is 8.79. The lowest BCUT2D eigenvalue weighted by molar-refractivity contribution is 0.257. The molecule has 0 spiro atoms. The van der Waals surface area contributed by atoms with Crippen molar-refractivity contribution in [3.05, 3.63) is 0 Å². The molecule has 2 fully saturated rings. The van der Waals surface area contributed by atoms with Crippen LogP contribution in [0.25, 0.3) is 0 Å². The van der Waals surface area contributed by atoms with Gasteiger partial charge in [0.1, 0.15) is 0 Å². The van der Waals surface area contributed by atoms with E-state index in [9.17, 15) is 0 Å². The zero-order valence-corrected chi connectivity index (χ0v) is 12.5. The van der Waals surface area contributed by atoms with E-state index in [-0.39, 0.29) is 0 Å². The number of likely N-dealkylation sites (tertiary alicyclic amines) is 1. The van der Waals surface area contributed by atoms with Crippen LogP contribution in [0.1, 0.15) is 58.8 Å². The van der Waals surface area contributed by atoms with Gasteiger partial charge in [-0.15, -0.1) is 0 Å². The summed E-state index contributed by atoms with van der Waals surface area (Å²) in [4.78, 5) is 2.67. The lowest BCUT2D eigenvalue weighted by Crippen LogP contribution is -2.41. The van der Waals surface area contributed by atoms with Crippen LogP contribution in [-0.2, 0) is 0 Å². The van der Waals surface area contributed by atoms with Gasteiger partial charge in [0.25, 0.3) is 0 Å². The van der Waals surface area contributed by atoms with Crippen LogP contribution in [0.3, 0.4) is 0 Å². The largest absolute Gasteiger partial charge is 0.312 e. The van der Waals surface area contributed by atoms with Crippen molar-refractivity contribution in [1.82, 2.24) is 10.2 Å². The first-order valence-corrected chi connectivity index (χ1v) is 8.25. The Bertz CT molecular complexity index is 229. The van der Waals surface area contributed by atoms with Crippen LogP contribution < -0.4 is 5.32 Å². The summed E-state index contributed by atoms with van der Waals surface area (Å²) in [5, 5.41) is 3.80. The predicted octanol–water partition coefficient (Wildman–Crippen LogP) is 3.28. The van der Waals surface area contributed by atoms with E-state index in [2.05, 4.69) is 24.1 Å². The van der Waals surface area contributed by atoms with Gasteiger partial charge in [0.15, 0.2) is 0 Å². The van der Waals surface area contributed by atoms with Crippen LogP contribution in [0.2, 0.25) is 0 Å². The van der Waals surface area contributed by atoms with Crippen LogP contribution in [0.4, 0.5) is 0 Å². The third-order valence-corrected chi connectivity index (χ3v) is 5.01. The zero-order chi connectivity index (χ0) is 12.8. The van der Waals surface area contributed by atoms with E-state index >= 15 is 0 Å². The normalized spacial score (nSPS) is 34.0. The van der Waals surface area contributed by atoms with Gasteiger partial charge in [0, 0.05) is 25.7 Å². The second-order valence-electron chi connectivity index (χ2n) is 6.57. The lowest BCUT2D eigenvalue weighted by Gasteiger charge is -2.30. The van der Waals surface area contributed by atoms with Crippen LogP contribution in [0, 0.1) is 11.8 Å². The molecular weight excluding hydrogens is 220 g/mol. The van der Waals surface area contributed by atoms with Gasteiger partial charge < -0.3 is 10.2 Å². The molecule has 1 aliphatic heterocycles. The molecule has 2 rings (SSSR count). The Kier molecular flexibility index (Phi) is 5.97. The summed E-state index contributed by atoms with van der Waals surface area (Å²) in [6, 6.07) is 0.799. The Balaban J connectivity index is 1.58. The molecule has 106 valence electrons. The van der Waals surface area contributed by atoms with Gasteiger partial charge in [-0.1, -0.05) is 33.1 Å². The average molecular weight is 252 g/mol. The minimum Gasteiger partial charge on any atom is -0.312 e. The van der Waals surface area contributed by atoms with Gasteiger partial charge in [-0.25, -0.2) is 0 Å². The molecule has 2 heteroatoms.